The van der Waals surface area contributed by atoms with Crippen molar-refractivity contribution in [1.82, 2.24) is 19.7 Å². The monoisotopic (exact) mass is 423 g/mol. The molecule has 0 aliphatic rings. The van der Waals surface area contributed by atoms with E-state index in [1.807, 2.05) is 19.3 Å². The predicted octanol–water partition coefficient (Wildman–Crippen LogP) is 3.50. The number of halogens is 2. The molecular weight excluding hydrogens is 404 g/mol. The van der Waals surface area contributed by atoms with Crippen LogP contribution >= 0.6 is 0 Å². The molecular formula is C21H19F2N7O. The fourth-order valence-electron chi connectivity index (χ4n) is 3.17. The van der Waals surface area contributed by atoms with Gasteiger partial charge in [-0.3, -0.25) is 9.67 Å². The maximum Gasteiger partial charge on any atom is 0.387 e. The van der Waals surface area contributed by atoms with Gasteiger partial charge in [0.1, 0.15) is 17.1 Å². The molecule has 4 rings (SSSR count). The quantitative estimate of drug-likeness (QED) is 0.270. The number of pyridine rings is 1. The lowest BCUT2D eigenvalue weighted by atomic mass is 10.1. The van der Waals surface area contributed by atoms with E-state index in [2.05, 4.69) is 29.9 Å². The summed E-state index contributed by atoms with van der Waals surface area (Å²) in [6.45, 7) is -2.62. The minimum atomic E-state index is -2.87. The number of hydrogen-bond acceptors (Lipinski definition) is 6. The van der Waals surface area contributed by atoms with Crippen molar-refractivity contribution >= 4 is 23.0 Å². The third-order valence-corrected chi connectivity index (χ3v) is 4.60. The fourth-order valence-corrected chi connectivity index (χ4v) is 3.17. The number of aliphatic imine (C=N–C) groups is 1. The zero-order chi connectivity index (χ0) is 21.8. The molecule has 0 radical (unpaired) electrons. The van der Waals surface area contributed by atoms with Gasteiger partial charge in [0.15, 0.2) is 0 Å². The van der Waals surface area contributed by atoms with Crippen molar-refractivity contribution in [2.75, 3.05) is 0 Å². The van der Waals surface area contributed by atoms with Crippen LogP contribution in [0.1, 0.15) is 11.1 Å². The molecule has 0 saturated carbocycles. The van der Waals surface area contributed by atoms with Crippen LogP contribution in [0.15, 0.2) is 65.2 Å². The number of nitrogens with two attached hydrogens (primary N) is 1. The van der Waals surface area contributed by atoms with Crippen LogP contribution < -0.4 is 10.6 Å². The van der Waals surface area contributed by atoms with Gasteiger partial charge in [-0.05, 0) is 23.8 Å². The summed E-state index contributed by atoms with van der Waals surface area (Å²) in [5.41, 5.74) is 4.45. The zero-order valence-corrected chi connectivity index (χ0v) is 16.5. The van der Waals surface area contributed by atoms with E-state index in [0.717, 1.165) is 22.1 Å². The molecule has 0 spiro atoms. The van der Waals surface area contributed by atoms with Crippen molar-refractivity contribution in [3.8, 4) is 16.9 Å². The topological polar surface area (TPSA) is 106 Å². The van der Waals surface area contributed by atoms with Gasteiger partial charge in [0.25, 0.3) is 0 Å². The number of aromatic amines is 1. The normalized spacial score (nSPS) is 12.3. The molecule has 3 heterocycles. The number of hydrogen-bond donors (Lipinski definition) is 2. The summed E-state index contributed by atoms with van der Waals surface area (Å²) in [5.74, 6) is 5.70. The van der Waals surface area contributed by atoms with Gasteiger partial charge >= 0.3 is 6.61 Å². The van der Waals surface area contributed by atoms with Crippen LogP contribution in [-0.4, -0.2) is 38.3 Å². The molecule has 0 aliphatic carbocycles. The minimum absolute atomic E-state index is 0.0843. The molecule has 0 amide bonds. The first-order valence-electron chi connectivity index (χ1n) is 9.31. The molecule has 0 bridgehead atoms. The van der Waals surface area contributed by atoms with Gasteiger partial charge in [0.2, 0.25) is 0 Å². The average molecular weight is 423 g/mol. The van der Waals surface area contributed by atoms with E-state index in [1.54, 1.807) is 41.6 Å². The molecule has 0 fully saturated rings. The van der Waals surface area contributed by atoms with Crippen molar-refractivity contribution in [1.29, 1.82) is 0 Å². The third kappa shape index (κ3) is 4.58. The second-order valence-corrected chi connectivity index (χ2v) is 6.74. The summed E-state index contributed by atoms with van der Waals surface area (Å²) in [6.07, 6.45) is 8.74. The first-order chi connectivity index (χ1) is 15.0. The molecule has 1 aromatic carbocycles. The Morgan fingerprint density at radius 3 is 2.90 bits per heavy atom. The van der Waals surface area contributed by atoms with E-state index in [-0.39, 0.29) is 12.3 Å². The van der Waals surface area contributed by atoms with Gasteiger partial charge in [-0.25, -0.2) is 4.98 Å². The Labute approximate surface area is 176 Å². The Bertz CT molecular complexity index is 1260. The number of benzene rings is 1. The van der Waals surface area contributed by atoms with Crippen molar-refractivity contribution in [3.63, 3.8) is 0 Å². The number of nitrogens with one attached hydrogen (secondary N) is 1. The number of nitrogens with zero attached hydrogens (tertiary/aromatic N) is 5. The summed E-state index contributed by atoms with van der Waals surface area (Å²) in [4.78, 5) is 11.9. The molecule has 10 heteroatoms. The van der Waals surface area contributed by atoms with Crippen LogP contribution in [0.2, 0.25) is 0 Å². The van der Waals surface area contributed by atoms with Crippen molar-refractivity contribution in [2.45, 2.75) is 13.2 Å². The summed E-state index contributed by atoms with van der Waals surface area (Å²) < 4.78 is 30.9. The first-order valence-corrected chi connectivity index (χ1v) is 9.31. The lowest BCUT2D eigenvalue weighted by molar-refractivity contribution is -0.0498. The Morgan fingerprint density at radius 2 is 2.16 bits per heavy atom. The van der Waals surface area contributed by atoms with E-state index in [9.17, 15) is 8.78 Å². The highest BCUT2D eigenvalue weighted by molar-refractivity contribution is 6.40. The van der Waals surface area contributed by atoms with Crippen LogP contribution in [-0.2, 0) is 13.6 Å². The lowest BCUT2D eigenvalue weighted by Crippen LogP contribution is -2.06. The maximum absolute atomic E-state index is 12.4. The van der Waals surface area contributed by atoms with Crippen LogP contribution in [0.3, 0.4) is 0 Å². The summed E-state index contributed by atoms with van der Waals surface area (Å²) in [6, 6.07) is 8.36. The largest absolute Gasteiger partial charge is 0.435 e. The number of aryl methyl sites for hydroxylation is 1. The van der Waals surface area contributed by atoms with E-state index in [4.69, 9.17) is 5.84 Å². The smallest absolute Gasteiger partial charge is 0.387 e. The molecule has 158 valence electrons. The second kappa shape index (κ2) is 8.74. The summed E-state index contributed by atoms with van der Waals surface area (Å²) >= 11 is 0. The standard InChI is InChI=1S/C21H19F2N7O/c1-30-12-15(9-28-30)14-6-17-18(10-27-20(17)26-8-14)19(29-24)11-25-7-13-3-2-4-16(5-13)31-21(22)23/h2-6,8-12,21H,7,24H2,1H3,(H,26,27). The first kappa shape index (κ1) is 20.2. The van der Waals surface area contributed by atoms with Crippen LogP contribution in [0.25, 0.3) is 22.2 Å². The molecule has 0 atom stereocenters. The van der Waals surface area contributed by atoms with Crippen molar-refractivity contribution in [2.24, 2.45) is 23.0 Å². The summed E-state index contributed by atoms with van der Waals surface area (Å²) in [7, 11) is 1.85. The van der Waals surface area contributed by atoms with Crippen LogP contribution in [0.4, 0.5) is 8.78 Å². The van der Waals surface area contributed by atoms with Crippen LogP contribution in [0.5, 0.6) is 5.75 Å². The molecule has 8 nitrogen and oxygen atoms in total. The number of fused-ring (bicyclic) bond motifs is 1. The third-order valence-electron chi connectivity index (χ3n) is 4.60. The maximum atomic E-state index is 12.4. The summed E-state index contributed by atoms with van der Waals surface area (Å²) in [5, 5.41) is 8.88. The van der Waals surface area contributed by atoms with Gasteiger partial charge in [-0.2, -0.15) is 19.0 Å². The molecule has 0 unspecified atom stereocenters. The van der Waals surface area contributed by atoms with Gasteiger partial charge in [0.05, 0.1) is 12.7 Å². The predicted molar refractivity (Wildman–Crippen MR) is 114 cm³/mol. The van der Waals surface area contributed by atoms with E-state index in [0.29, 0.717) is 16.9 Å². The number of alkyl halides is 2. The Hall–Kier alpha value is -4.08. The van der Waals surface area contributed by atoms with Crippen molar-refractivity contribution in [3.05, 3.63) is 66.2 Å². The Balaban J connectivity index is 1.56. The molecule has 3 aromatic heterocycles. The Kier molecular flexibility index (Phi) is 5.69. The van der Waals surface area contributed by atoms with Crippen molar-refractivity contribution < 1.29 is 13.5 Å². The second-order valence-electron chi connectivity index (χ2n) is 6.74. The number of hydrazone groups is 1. The highest BCUT2D eigenvalue weighted by atomic mass is 19.3. The fraction of sp³-hybridized carbons (Fsp3) is 0.143. The van der Waals surface area contributed by atoms with E-state index in [1.165, 1.54) is 12.1 Å². The van der Waals surface area contributed by atoms with Gasteiger partial charge in [0, 0.05) is 53.9 Å². The molecule has 0 aliphatic heterocycles. The van der Waals surface area contributed by atoms with Crippen LogP contribution in [0, 0.1) is 0 Å². The van der Waals surface area contributed by atoms with E-state index >= 15 is 0 Å². The molecule has 4 aromatic rings. The average Bonchev–Trinajstić information content (AvgIpc) is 3.37. The molecule has 31 heavy (non-hydrogen) atoms. The number of rotatable bonds is 7. The van der Waals surface area contributed by atoms with E-state index < -0.39 is 6.61 Å². The molecule has 0 saturated heterocycles. The number of aromatic nitrogens is 4. The zero-order valence-electron chi connectivity index (χ0n) is 16.5. The Morgan fingerprint density at radius 1 is 1.29 bits per heavy atom. The SMILES string of the molecule is Cn1cc(-c2cnc3[nH]cc(C(C=NCc4cccc(OC(F)F)c4)=NN)c3c2)cn1. The van der Waals surface area contributed by atoms with Gasteiger partial charge in [-0.15, -0.1) is 0 Å². The number of ether oxygens (including phenoxy) is 1. The lowest BCUT2D eigenvalue weighted by Gasteiger charge is -2.05. The van der Waals surface area contributed by atoms with Gasteiger partial charge in [-0.1, -0.05) is 12.1 Å². The number of H-pyrrole nitrogens is 1. The highest BCUT2D eigenvalue weighted by Gasteiger charge is 2.12. The highest BCUT2D eigenvalue weighted by Crippen LogP contribution is 2.24. The molecule has 3 N–H and O–H groups in total. The minimum Gasteiger partial charge on any atom is -0.435 e. The van der Waals surface area contributed by atoms with Gasteiger partial charge < -0.3 is 15.6 Å².